The number of carbonyl (C=O) groups excluding carboxylic acids is 1. The maximum absolute atomic E-state index is 13.5. The zero-order valence-electron chi connectivity index (χ0n) is 10.1. The quantitative estimate of drug-likeness (QED) is 0.480. The lowest BCUT2D eigenvalue weighted by atomic mass is 10.00. The van der Waals surface area contributed by atoms with Crippen molar-refractivity contribution in [3.05, 3.63) is 64.0 Å². The first kappa shape index (κ1) is 12.9. The molecule has 0 aliphatic rings. The molecule has 0 unspecified atom stereocenters. The minimum Gasteiger partial charge on any atom is -0.295 e. The fourth-order valence-corrected chi connectivity index (χ4v) is 1.84. The summed E-state index contributed by atoms with van der Waals surface area (Å²) in [4.78, 5) is 21.5. The van der Waals surface area contributed by atoms with Gasteiger partial charge in [0.1, 0.15) is 0 Å². The van der Waals surface area contributed by atoms with Gasteiger partial charge in [-0.1, -0.05) is 24.3 Å². The van der Waals surface area contributed by atoms with Crippen LogP contribution >= 0.6 is 0 Å². The van der Waals surface area contributed by atoms with Gasteiger partial charge in [0.25, 0.3) is 0 Å². The number of nitro groups is 1. The Morgan fingerprint density at radius 1 is 1.21 bits per heavy atom. The molecule has 0 heterocycles. The minimum atomic E-state index is -0.893. The number of Topliss-reactive ketones (excluding diaryl/α,β-unsaturated/α-hetero) is 1. The number of nitrogens with zero attached hydrogens (tertiary/aromatic N) is 1. The lowest BCUT2D eigenvalue weighted by Gasteiger charge is -2.05. The maximum atomic E-state index is 13.5. The molecule has 0 radical (unpaired) electrons. The number of halogens is 1. The van der Waals surface area contributed by atoms with Crippen molar-refractivity contribution in [3.63, 3.8) is 0 Å². The first-order chi connectivity index (χ1) is 9.00. The summed E-state index contributed by atoms with van der Waals surface area (Å²) in [6.45, 7) is 1.40. The molecule has 0 aliphatic carbocycles. The number of hydrogen-bond donors (Lipinski definition) is 0. The van der Waals surface area contributed by atoms with Gasteiger partial charge in [-0.2, -0.15) is 4.39 Å². The van der Waals surface area contributed by atoms with Crippen LogP contribution in [0, 0.1) is 15.9 Å². The number of ketones is 1. The minimum absolute atomic E-state index is 0.152. The molecule has 0 saturated carbocycles. The van der Waals surface area contributed by atoms with Crippen molar-refractivity contribution in [3.8, 4) is 11.1 Å². The predicted molar refractivity (Wildman–Crippen MR) is 68.5 cm³/mol. The van der Waals surface area contributed by atoms with Crippen LogP contribution in [-0.4, -0.2) is 10.7 Å². The molecule has 0 saturated heterocycles. The molecule has 2 rings (SSSR count). The van der Waals surface area contributed by atoms with E-state index in [9.17, 15) is 19.3 Å². The fourth-order valence-electron chi connectivity index (χ4n) is 1.84. The van der Waals surface area contributed by atoms with Crippen LogP contribution in [0.5, 0.6) is 0 Å². The van der Waals surface area contributed by atoms with Crippen LogP contribution < -0.4 is 0 Å². The van der Waals surface area contributed by atoms with E-state index in [1.165, 1.54) is 25.1 Å². The van der Waals surface area contributed by atoms with Gasteiger partial charge >= 0.3 is 5.69 Å². The summed E-state index contributed by atoms with van der Waals surface area (Å²) in [6, 6.07) is 10.2. The Hall–Kier alpha value is -2.56. The van der Waals surface area contributed by atoms with Crippen molar-refractivity contribution in [2.24, 2.45) is 0 Å². The van der Waals surface area contributed by atoms with Gasteiger partial charge in [-0.05, 0) is 30.7 Å². The summed E-state index contributed by atoms with van der Waals surface area (Å²) in [5.74, 6) is -1.04. The normalized spacial score (nSPS) is 10.2. The van der Waals surface area contributed by atoms with Gasteiger partial charge in [0, 0.05) is 5.56 Å². The molecule has 2 aromatic carbocycles. The highest BCUT2D eigenvalue weighted by molar-refractivity contribution is 5.95. The Morgan fingerprint density at radius 2 is 1.89 bits per heavy atom. The SMILES string of the molecule is CC(=O)c1cccc(-c2cccc(F)c2[N+](=O)[O-])c1. The molecule has 0 fully saturated rings. The number of para-hydroxylation sites is 1. The van der Waals surface area contributed by atoms with E-state index in [1.54, 1.807) is 18.2 Å². The monoisotopic (exact) mass is 259 g/mol. The Bertz CT molecular complexity index is 667. The molecule has 0 spiro atoms. The summed E-state index contributed by atoms with van der Waals surface area (Å²) >= 11 is 0. The van der Waals surface area contributed by atoms with Gasteiger partial charge < -0.3 is 0 Å². The topological polar surface area (TPSA) is 60.2 Å². The van der Waals surface area contributed by atoms with Gasteiger partial charge in [-0.15, -0.1) is 0 Å². The van der Waals surface area contributed by atoms with Gasteiger partial charge in [0.2, 0.25) is 5.82 Å². The molecule has 0 aromatic heterocycles. The molecular formula is C14H10FNO3. The molecule has 0 bridgehead atoms. The lowest BCUT2D eigenvalue weighted by Crippen LogP contribution is -1.97. The van der Waals surface area contributed by atoms with Crippen molar-refractivity contribution in [1.82, 2.24) is 0 Å². The highest BCUT2D eigenvalue weighted by atomic mass is 19.1. The molecule has 5 heteroatoms. The molecule has 0 atom stereocenters. The third-order valence-corrected chi connectivity index (χ3v) is 2.75. The molecule has 2 aromatic rings. The van der Waals surface area contributed by atoms with E-state index in [0.717, 1.165) is 6.07 Å². The van der Waals surface area contributed by atoms with E-state index >= 15 is 0 Å². The molecular weight excluding hydrogens is 249 g/mol. The summed E-state index contributed by atoms with van der Waals surface area (Å²) in [7, 11) is 0. The Kier molecular flexibility index (Phi) is 3.37. The summed E-state index contributed by atoms with van der Waals surface area (Å²) < 4.78 is 13.5. The predicted octanol–water partition coefficient (Wildman–Crippen LogP) is 3.60. The summed E-state index contributed by atoms with van der Waals surface area (Å²) in [5.41, 5.74) is 0.450. The van der Waals surface area contributed by atoms with E-state index in [-0.39, 0.29) is 11.3 Å². The van der Waals surface area contributed by atoms with E-state index in [2.05, 4.69) is 0 Å². The number of rotatable bonds is 3. The first-order valence-electron chi connectivity index (χ1n) is 5.55. The van der Waals surface area contributed by atoms with Gasteiger partial charge in [0.05, 0.1) is 10.5 Å². The maximum Gasteiger partial charge on any atom is 0.312 e. The van der Waals surface area contributed by atoms with Crippen molar-refractivity contribution < 1.29 is 14.1 Å². The second kappa shape index (κ2) is 4.97. The first-order valence-corrected chi connectivity index (χ1v) is 5.55. The lowest BCUT2D eigenvalue weighted by molar-refractivity contribution is -0.386. The molecule has 0 aliphatic heterocycles. The van der Waals surface area contributed by atoms with Gasteiger partial charge in [0.15, 0.2) is 5.78 Å². The smallest absolute Gasteiger partial charge is 0.295 e. The van der Waals surface area contributed by atoms with Crippen LogP contribution in [-0.2, 0) is 0 Å². The fraction of sp³-hybridized carbons (Fsp3) is 0.0714. The van der Waals surface area contributed by atoms with Crippen molar-refractivity contribution in [2.75, 3.05) is 0 Å². The highest BCUT2D eigenvalue weighted by Gasteiger charge is 2.21. The number of nitro benzene ring substituents is 1. The second-order valence-electron chi connectivity index (χ2n) is 4.03. The van der Waals surface area contributed by atoms with Crippen molar-refractivity contribution >= 4 is 11.5 Å². The van der Waals surface area contributed by atoms with E-state index < -0.39 is 16.4 Å². The summed E-state index contributed by atoms with van der Waals surface area (Å²) in [5, 5.41) is 10.9. The Labute approximate surface area is 108 Å². The van der Waals surface area contributed by atoms with Crippen LogP contribution in [0.3, 0.4) is 0 Å². The molecule has 0 amide bonds. The van der Waals surface area contributed by atoms with Crippen LogP contribution in [0.15, 0.2) is 42.5 Å². The average Bonchev–Trinajstić information content (AvgIpc) is 2.38. The molecule has 19 heavy (non-hydrogen) atoms. The number of carbonyl (C=O) groups is 1. The van der Waals surface area contributed by atoms with Crippen LogP contribution in [0.2, 0.25) is 0 Å². The van der Waals surface area contributed by atoms with Gasteiger partial charge in [-0.3, -0.25) is 14.9 Å². The highest BCUT2D eigenvalue weighted by Crippen LogP contribution is 2.32. The number of hydrogen-bond acceptors (Lipinski definition) is 3. The number of benzene rings is 2. The van der Waals surface area contributed by atoms with E-state index in [0.29, 0.717) is 11.1 Å². The van der Waals surface area contributed by atoms with E-state index in [4.69, 9.17) is 0 Å². The zero-order valence-corrected chi connectivity index (χ0v) is 10.1. The summed E-state index contributed by atoms with van der Waals surface area (Å²) in [6.07, 6.45) is 0. The zero-order chi connectivity index (χ0) is 14.0. The van der Waals surface area contributed by atoms with Crippen LogP contribution in [0.25, 0.3) is 11.1 Å². The van der Waals surface area contributed by atoms with Gasteiger partial charge in [-0.25, -0.2) is 0 Å². The molecule has 96 valence electrons. The van der Waals surface area contributed by atoms with Crippen molar-refractivity contribution in [1.29, 1.82) is 0 Å². The average molecular weight is 259 g/mol. The Morgan fingerprint density at radius 3 is 2.53 bits per heavy atom. The van der Waals surface area contributed by atoms with E-state index in [1.807, 2.05) is 0 Å². The Balaban J connectivity index is 2.65. The van der Waals surface area contributed by atoms with Crippen LogP contribution in [0.1, 0.15) is 17.3 Å². The largest absolute Gasteiger partial charge is 0.312 e. The third-order valence-electron chi connectivity index (χ3n) is 2.75. The van der Waals surface area contributed by atoms with Crippen LogP contribution in [0.4, 0.5) is 10.1 Å². The van der Waals surface area contributed by atoms with Crippen molar-refractivity contribution in [2.45, 2.75) is 6.92 Å². The third kappa shape index (κ3) is 2.49. The molecule has 0 N–H and O–H groups in total. The standard InChI is InChI=1S/C14H10FNO3/c1-9(17)10-4-2-5-11(8-10)12-6-3-7-13(15)14(12)16(18)19/h2-8H,1H3. The molecule has 4 nitrogen and oxygen atoms in total. The second-order valence-corrected chi connectivity index (χ2v) is 4.03.